The van der Waals surface area contributed by atoms with Crippen LogP contribution in [0, 0.1) is 6.92 Å². The molecule has 0 unspecified atom stereocenters. The first kappa shape index (κ1) is 22.2. The molecule has 0 aliphatic carbocycles. The van der Waals surface area contributed by atoms with E-state index in [0.29, 0.717) is 0 Å². The van der Waals surface area contributed by atoms with Gasteiger partial charge in [-0.05, 0) is 80.1 Å². The highest BCUT2D eigenvalue weighted by Crippen LogP contribution is 2.35. The smallest absolute Gasteiger partial charge is 0.0464 e. The van der Waals surface area contributed by atoms with Gasteiger partial charge in [-0.1, -0.05) is 81.5 Å². The zero-order valence-electron chi connectivity index (χ0n) is 19.0. The van der Waals surface area contributed by atoms with Crippen LogP contribution in [0.15, 0.2) is 72.8 Å². The Morgan fingerprint density at radius 3 is 1.53 bits per heavy atom. The molecule has 0 aliphatic heterocycles. The molecule has 0 spiro atoms. The molecule has 158 valence electrons. The van der Waals surface area contributed by atoms with Gasteiger partial charge in [0, 0.05) is 17.1 Å². The molecule has 0 fully saturated rings. The number of nitrogens with zero attached hydrogens (tertiary/aromatic N) is 1. The number of anilines is 3. The summed E-state index contributed by atoms with van der Waals surface area (Å²) in [4.78, 5) is 2.41. The Morgan fingerprint density at radius 1 is 0.567 bits per heavy atom. The lowest BCUT2D eigenvalue weighted by Gasteiger charge is -2.26. The fourth-order valence-corrected chi connectivity index (χ4v) is 4.00. The van der Waals surface area contributed by atoms with Crippen LogP contribution in [0.2, 0.25) is 0 Å². The standard InChI is InChI=1S/C29H37N/c1-4-6-8-12-25-14-10-16-28(22-25)30(27-20-18-24(3)19-21-27)29-17-11-15-26(23-29)13-9-7-5-2/h10-11,14-23H,4-9,12-13H2,1-3H3. The molecular weight excluding hydrogens is 362 g/mol. The van der Waals surface area contributed by atoms with Crippen LogP contribution in [0.25, 0.3) is 0 Å². The van der Waals surface area contributed by atoms with E-state index in [1.54, 1.807) is 0 Å². The summed E-state index contributed by atoms with van der Waals surface area (Å²) in [5, 5.41) is 0. The fourth-order valence-electron chi connectivity index (χ4n) is 4.00. The van der Waals surface area contributed by atoms with Gasteiger partial charge in [-0.2, -0.15) is 0 Å². The Labute approximate surface area is 183 Å². The fraction of sp³-hybridized carbons (Fsp3) is 0.379. The highest BCUT2D eigenvalue weighted by molar-refractivity contribution is 5.77. The average Bonchev–Trinajstić information content (AvgIpc) is 2.76. The van der Waals surface area contributed by atoms with E-state index in [9.17, 15) is 0 Å². The van der Waals surface area contributed by atoms with E-state index in [1.807, 2.05) is 0 Å². The lowest BCUT2D eigenvalue weighted by molar-refractivity contribution is 0.717. The number of aryl methyl sites for hydroxylation is 3. The van der Waals surface area contributed by atoms with Crippen molar-refractivity contribution in [3.05, 3.63) is 89.5 Å². The van der Waals surface area contributed by atoms with Crippen molar-refractivity contribution in [3.63, 3.8) is 0 Å². The molecule has 0 bridgehead atoms. The second kappa shape index (κ2) is 11.6. The summed E-state index contributed by atoms with van der Waals surface area (Å²) in [7, 11) is 0. The molecule has 0 saturated heterocycles. The number of hydrogen-bond donors (Lipinski definition) is 0. The van der Waals surface area contributed by atoms with Gasteiger partial charge in [0.1, 0.15) is 0 Å². The monoisotopic (exact) mass is 399 g/mol. The molecule has 30 heavy (non-hydrogen) atoms. The van der Waals surface area contributed by atoms with Gasteiger partial charge < -0.3 is 4.90 Å². The van der Waals surface area contributed by atoms with Crippen molar-refractivity contribution in [2.24, 2.45) is 0 Å². The van der Waals surface area contributed by atoms with Crippen LogP contribution in [-0.2, 0) is 12.8 Å². The summed E-state index contributed by atoms with van der Waals surface area (Å²) < 4.78 is 0. The van der Waals surface area contributed by atoms with Gasteiger partial charge >= 0.3 is 0 Å². The molecular formula is C29H37N. The Balaban J connectivity index is 1.95. The van der Waals surface area contributed by atoms with Gasteiger partial charge in [0.15, 0.2) is 0 Å². The maximum absolute atomic E-state index is 2.41. The second-order valence-corrected chi connectivity index (χ2v) is 8.42. The molecule has 0 aromatic heterocycles. The quantitative estimate of drug-likeness (QED) is 0.291. The largest absolute Gasteiger partial charge is 0.310 e. The Kier molecular flexibility index (Phi) is 8.56. The van der Waals surface area contributed by atoms with Crippen LogP contribution in [0.3, 0.4) is 0 Å². The maximum atomic E-state index is 2.41. The van der Waals surface area contributed by atoms with E-state index < -0.39 is 0 Å². The van der Waals surface area contributed by atoms with Gasteiger partial charge in [0.25, 0.3) is 0 Å². The highest BCUT2D eigenvalue weighted by atomic mass is 15.1. The van der Waals surface area contributed by atoms with Gasteiger partial charge in [-0.15, -0.1) is 0 Å². The molecule has 0 aliphatic rings. The Hall–Kier alpha value is -2.54. The van der Waals surface area contributed by atoms with Gasteiger partial charge in [-0.3, -0.25) is 0 Å². The lowest BCUT2D eigenvalue weighted by Crippen LogP contribution is -2.10. The van der Waals surface area contributed by atoms with Crippen LogP contribution < -0.4 is 4.90 Å². The van der Waals surface area contributed by atoms with E-state index in [4.69, 9.17) is 0 Å². The van der Waals surface area contributed by atoms with Crippen LogP contribution in [0.4, 0.5) is 17.1 Å². The first-order valence-corrected chi connectivity index (χ1v) is 11.8. The van der Waals surface area contributed by atoms with Crippen LogP contribution >= 0.6 is 0 Å². The van der Waals surface area contributed by atoms with Crippen LogP contribution in [0.5, 0.6) is 0 Å². The number of unbranched alkanes of at least 4 members (excludes halogenated alkanes) is 4. The molecule has 0 N–H and O–H groups in total. The molecule has 0 heterocycles. The number of hydrogen-bond acceptors (Lipinski definition) is 1. The lowest BCUT2D eigenvalue weighted by atomic mass is 10.0. The van der Waals surface area contributed by atoms with Crippen molar-refractivity contribution >= 4 is 17.1 Å². The Morgan fingerprint density at radius 2 is 1.07 bits per heavy atom. The first-order valence-electron chi connectivity index (χ1n) is 11.8. The third-order valence-corrected chi connectivity index (χ3v) is 5.77. The third-order valence-electron chi connectivity index (χ3n) is 5.77. The minimum absolute atomic E-state index is 1.15. The number of benzene rings is 3. The molecule has 3 aromatic rings. The van der Waals surface area contributed by atoms with Crippen molar-refractivity contribution < 1.29 is 0 Å². The average molecular weight is 400 g/mol. The van der Waals surface area contributed by atoms with E-state index >= 15 is 0 Å². The molecule has 0 amide bonds. The maximum Gasteiger partial charge on any atom is 0.0464 e. The molecule has 0 radical (unpaired) electrons. The predicted molar refractivity (Wildman–Crippen MR) is 132 cm³/mol. The summed E-state index contributed by atoms with van der Waals surface area (Å²) in [6.45, 7) is 6.68. The van der Waals surface area contributed by atoms with Crippen molar-refractivity contribution in [1.82, 2.24) is 0 Å². The summed E-state index contributed by atoms with van der Waals surface area (Å²) >= 11 is 0. The van der Waals surface area contributed by atoms with E-state index in [0.717, 1.165) is 12.8 Å². The van der Waals surface area contributed by atoms with Gasteiger partial charge in [-0.25, -0.2) is 0 Å². The van der Waals surface area contributed by atoms with Crippen LogP contribution in [0.1, 0.15) is 69.1 Å². The molecule has 0 saturated carbocycles. The number of rotatable bonds is 11. The van der Waals surface area contributed by atoms with Crippen molar-refractivity contribution in [1.29, 1.82) is 0 Å². The predicted octanol–water partition coefficient (Wildman–Crippen LogP) is 8.93. The zero-order valence-corrected chi connectivity index (χ0v) is 19.0. The summed E-state index contributed by atoms with van der Waals surface area (Å²) in [5.74, 6) is 0. The summed E-state index contributed by atoms with van der Waals surface area (Å²) in [6.07, 6.45) is 9.95. The second-order valence-electron chi connectivity index (χ2n) is 8.42. The molecule has 0 atom stereocenters. The van der Waals surface area contributed by atoms with Crippen molar-refractivity contribution in [2.45, 2.75) is 72.1 Å². The molecule has 3 rings (SSSR count). The van der Waals surface area contributed by atoms with Crippen molar-refractivity contribution in [2.75, 3.05) is 4.90 Å². The van der Waals surface area contributed by atoms with Crippen LogP contribution in [-0.4, -0.2) is 0 Å². The van der Waals surface area contributed by atoms with E-state index in [2.05, 4.69) is 98.5 Å². The normalized spacial score (nSPS) is 10.9. The summed E-state index contributed by atoms with van der Waals surface area (Å²) in [6, 6.07) is 27.1. The van der Waals surface area contributed by atoms with Crippen molar-refractivity contribution in [3.8, 4) is 0 Å². The minimum atomic E-state index is 1.15. The van der Waals surface area contributed by atoms with Gasteiger partial charge in [0.05, 0.1) is 0 Å². The summed E-state index contributed by atoms with van der Waals surface area (Å²) in [5.41, 5.74) is 7.86. The molecule has 3 aromatic carbocycles. The van der Waals surface area contributed by atoms with E-state index in [1.165, 1.54) is 72.3 Å². The Bertz CT molecular complexity index is 841. The zero-order chi connectivity index (χ0) is 21.2. The molecule has 1 heteroatoms. The minimum Gasteiger partial charge on any atom is -0.310 e. The van der Waals surface area contributed by atoms with Gasteiger partial charge in [0.2, 0.25) is 0 Å². The highest BCUT2D eigenvalue weighted by Gasteiger charge is 2.13. The topological polar surface area (TPSA) is 3.24 Å². The first-order chi connectivity index (χ1) is 14.7. The molecule has 1 nitrogen and oxygen atoms in total. The van der Waals surface area contributed by atoms with E-state index in [-0.39, 0.29) is 0 Å². The SMILES string of the molecule is CCCCCc1cccc(N(c2ccc(C)cc2)c2cccc(CCCCC)c2)c1. The third kappa shape index (κ3) is 6.23.